The van der Waals surface area contributed by atoms with E-state index in [1.165, 1.54) is 11.1 Å². The van der Waals surface area contributed by atoms with E-state index in [4.69, 9.17) is 0 Å². The fraction of sp³-hybridized carbons (Fsp3) is 0.562. The molecule has 1 unspecified atom stereocenters. The van der Waals surface area contributed by atoms with Gasteiger partial charge in [-0.3, -0.25) is 0 Å². The Balaban J connectivity index is 3.55. The van der Waals surface area contributed by atoms with Gasteiger partial charge in [0.2, 0.25) is 0 Å². The van der Waals surface area contributed by atoms with Gasteiger partial charge in [0.05, 0.1) is 5.41 Å². The highest BCUT2D eigenvalue weighted by molar-refractivity contribution is 5.49. The van der Waals surface area contributed by atoms with E-state index in [-0.39, 0.29) is 11.0 Å². The van der Waals surface area contributed by atoms with Crippen LogP contribution in [0.3, 0.4) is 0 Å². The average molecular weight is 232 g/mol. The Kier molecular flexibility index (Phi) is 3.81. The molecule has 0 N–H and O–H groups in total. The van der Waals surface area contributed by atoms with Crippen LogP contribution < -0.4 is 0 Å². The van der Waals surface area contributed by atoms with Gasteiger partial charge in [-0.15, -0.1) is 0 Å². The van der Waals surface area contributed by atoms with Crippen LogP contribution in [0.4, 0.5) is 0 Å². The topological polar surface area (TPSA) is 3.01 Å². The molecule has 1 aliphatic heterocycles. The summed E-state index contributed by atoms with van der Waals surface area (Å²) in [5.74, 6) is 0. The van der Waals surface area contributed by atoms with Crippen molar-refractivity contribution in [1.82, 2.24) is 0 Å². The lowest BCUT2D eigenvalue weighted by molar-refractivity contribution is -0.607. The van der Waals surface area contributed by atoms with Gasteiger partial charge in [-0.25, -0.2) is 4.58 Å². The molecule has 0 radical (unpaired) electrons. The molecule has 0 saturated carbocycles. The largest absolute Gasteiger partial charge is 0.226 e. The summed E-state index contributed by atoms with van der Waals surface area (Å²) in [6, 6.07) is 0. The van der Waals surface area contributed by atoms with E-state index < -0.39 is 0 Å². The molecular weight excluding hydrogens is 206 g/mol. The first-order chi connectivity index (χ1) is 7.88. The number of allylic oxidation sites excluding steroid dienone is 1. The number of nitrogens with zero attached hydrogens (tertiary/aromatic N) is 1. The summed E-state index contributed by atoms with van der Waals surface area (Å²) in [5.41, 5.74) is 2.61. The SMILES string of the molecule is C=CC1=CC[N+](=CC)C(CC)(C(=C)C)C1(C)C. The third kappa shape index (κ3) is 1.72. The molecule has 1 heteroatoms. The Morgan fingerprint density at radius 2 is 2.12 bits per heavy atom. The second kappa shape index (κ2) is 4.64. The Morgan fingerprint density at radius 3 is 2.47 bits per heavy atom. The Labute approximate surface area is 106 Å². The molecule has 0 bridgehead atoms. The predicted molar refractivity (Wildman–Crippen MR) is 76.8 cm³/mol. The van der Waals surface area contributed by atoms with Crippen LogP contribution in [0, 0.1) is 5.41 Å². The molecule has 1 nitrogen and oxygen atoms in total. The maximum Gasteiger partial charge on any atom is 0.191 e. The molecule has 1 aliphatic rings. The fourth-order valence-electron chi connectivity index (χ4n) is 3.60. The quantitative estimate of drug-likeness (QED) is 0.512. The van der Waals surface area contributed by atoms with E-state index >= 15 is 0 Å². The van der Waals surface area contributed by atoms with E-state index in [1.54, 1.807) is 0 Å². The van der Waals surface area contributed by atoms with Crippen molar-refractivity contribution in [2.45, 2.75) is 46.6 Å². The molecule has 0 aromatic rings. The van der Waals surface area contributed by atoms with Crippen LogP contribution in [0.25, 0.3) is 0 Å². The summed E-state index contributed by atoms with van der Waals surface area (Å²) in [6.07, 6.45) is 7.53. The summed E-state index contributed by atoms with van der Waals surface area (Å²) in [7, 11) is 0. The van der Waals surface area contributed by atoms with E-state index in [0.717, 1.165) is 13.0 Å². The molecule has 0 aromatic heterocycles. The zero-order chi connectivity index (χ0) is 13.3. The number of hydrogen-bond donors (Lipinski definition) is 0. The summed E-state index contributed by atoms with van der Waals surface area (Å²) in [6.45, 7) is 20.3. The van der Waals surface area contributed by atoms with E-state index in [0.29, 0.717) is 0 Å². The van der Waals surface area contributed by atoms with Crippen LogP contribution in [0.1, 0.15) is 41.0 Å². The molecule has 0 aromatic carbocycles. The summed E-state index contributed by atoms with van der Waals surface area (Å²) >= 11 is 0. The number of hydrogen-bond acceptors (Lipinski definition) is 0. The Morgan fingerprint density at radius 1 is 1.53 bits per heavy atom. The van der Waals surface area contributed by atoms with Gasteiger partial charge >= 0.3 is 0 Å². The van der Waals surface area contributed by atoms with Crippen molar-refractivity contribution in [3.05, 3.63) is 36.5 Å². The van der Waals surface area contributed by atoms with Gasteiger partial charge in [-0.2, -0.15) is 0 Å². The lowest BCUT2D eigenvalue weighted by Gasteiger charge is -2.46. The molecule has 17 heavy (non-hydrogen) atoms. The van der Waals surface area contributed by atoms with Crippen molar-refractivity contribution in [3.63, 3.8) is 0 Å². The van der Waals surface area contributed by atoms with Gasteiger partial charge in [-0.05, 0) is 38.0 Å². The zero-order valence-electron chi connectivity index (χ0n) is 12.0. The first-order valence-corrected chi connectivity index (χ1v) is 6.43. The molecule has 0 aliphatic carbocycles. The van der Waals surface area contributed by atoms with Gasteiger partial charge in [-0.1, -0.05) is 26.2 Å². The van der Waals surface area contributed by atoms with Gasteiger partial charge in [0.1, 0.15) is 6.21 Å². The van der Waals surface area contributed by atoms with Crippen molar-refractivity contribution in [1.29, 1.82) is 0 Å². The second-order valence-corrected chi connectivity index (χ2v) is 5.39. The van der Waals surface area contributed by atoms with Gasteiger partial charge in [0.15, 0.2) is 12.1 Å². The third-order valence-electron chi connectivity index (χ3n) is 4.50. The molecule has 0 saturated heterocycles. The first-order valence-electron chi connectivity index (χ1n) is 6.43. The minimum Gasteiger partial charge on any atom is -0.226 e. The van der Waals surface area contributed by atoms with E-state index in [1.807, 2.05) is 6.08 Å². The molecular formula is C16H26N+. The lowest BCUT2D eigenvalue weighted by Crippen LogP contribution is -2.57. The van der Waals surface area contributed by atoms with Crippen molar-refractivity contribution < 1.29 is 4.58 Å². The summed E-state index contributed by atoms with van der Waals surface area (Å²) in [4.78, 5) is 0. The molecule has 1 rings (SSSR count). The maximum atomic E-state index is 4.26. The molecule has 0 amide bonds. The van der Waals surface area contributed by atoms with E-state index in [2.05, 4.69) is 64.6 Å². The van der Waals surface area contributed by atoms with Crippen LogP contribution in [0.2, 0.25) is 0 Å². The van der Waals surface area contributed by atoms with Crippen LogP contribution in [-0.2, 0) is 0 Å². The van der Waals surface area contributed by atoms with Crippen LogP contribution >= 0.6 is 0 Å². The first kappa shape index (κ1) is 14.0. The predicted octanol–water partition coefficient (Wildman–Crippen LogP) is 3.97. The minimum absolute atomic E-state index is 0.0000231. The zero-order valence-corrected chi connectivity index (χ0v) is 12.0. The fourth-order valence-corrected chi connectivity index (χ4v) is 3.60. The second-order valence-electron chi connectivity index (χ2n) is 5.39. The number of rotatable bonds is 3. The monoisotopic (exact) mass is 232 g/mol. The smallest absolute Gasteiger partial charge is 0.191 e. The standard InChI is InChI=1S/C16H26N/c1-8-14-11-12-17(10-3)16(9-2,13(4)5)15(14,6)7/h8,10-11H,1,4,9,12H2,2-3,5-7H3/q+1. The summed E-state index contributed by atoms with van der Waals surface area (Å²) < 4.78 is 2.42. The van der Waals surface area contributed by atoms with Crippen molar-refractivity contribution >= 4 is 6.21 Å². The van der Waals surface area contributed by atoms with E-state index in [9.17, 15) is 0 Å². The van der Waals surface area contributed by atoms with Crippen molar-refractivity contribution in [2.75, 3.05) is 6.54 Å². The molecule has 1 heterocycles. The van der Waals surface area contributed by atoms with Crippen molar-refractivity contribution in [3.8, 4) is 0 Å². The average Bonchev–Trinajstić information content (AvgIpc) is 2.27. The van der Waals surface area contributed by atoms with Gasteiger partial charge in [0.25, 0.3) is 0 Å². The molecule has 94 valence electrons. The van der Waals surface area contributed by atoms with Crippen LogP contribution in [0.5, 0.6) is 0 Å². The summed E-state index contributed by atoms with van der Waals surface area (Å²) in [5, 5.41) is 0. The highest BCUT2D eigenvalue weighted by Gasteiger charge is 2.56. The Hall–Kier alpha value is -1.11. The van der Waals surface area contributed by atoms with Crippen LogP contribution in [-0.4, -0.2) is 22.9 Å². The molecule has 1 atom stereocenters. The van der Waals surface area contributed by atoms with Gasteiger partial charge in [0, 0.05) is 13.3 Å². The Bertz CT molecular complexity index is 396. The van der Waals surface area contributed by atoms with Crippen LogP contribution in [0.15, 0.2) is 36.5 Å². The molecule has 0 fully saturated rings. The minimum atomic E-state index is 0.0000231. The highest BCUT2D eigenvalue weighted by Crippen LogP contribution is 2.49. The molecule has 0 spiro atoms. The normalized spacial score (nSPS) is 29.9. The maximum absolute atomic E-state index is 4.26. The van der Waals surface area contributed by atoms with Gasteiger partial charge < -0.3 is 0 Å². The lowest BCUT2D eigenvalue weighted by atomic mass is 9.61. The van der Waals surface area contributed by atoms with Crippen molar-refractivity contribution in [2.24, 2.45) is 5.41 Å². The third-order valence-corrected chi connectivity index (χ3v) is 4.50. The highest BCUT2D eigenvalue weighted by atomic mass is 15.1.